The van der Waals surface area contributed by atoms with Crippen LogP contribution in [0.25, 0.3) is 16.0 Å². The van der Waals surface area contributed by atoms with E-state index in [0.29, 0.717) is 39.4 Å². The Balaban J connectivity index is 1.71. The molecule has 1 saturated heterocycles. The van der Waals surface area contributed by atoms with Crippen LogP contribution in [0.3, 0.4) is 0 Å². The molecule has 0 radical (unpaired) electrons. The van der Waals surface area contributed by atoms with E-state index >= 15 is 0 Å². The number of hydrogen-bond acceptors (Lipinski definition) is 7. The molecule has 0 bridgehead atoms. The van der Waals surface area contributed by atoms with Crippen LogP contribution in [0.15, 0.2) is 66.2 Å². The van der Waals surface area contributed by atoms with Gasteiger partial charge in [0.15, 0.2) is 5.13 Å². The Morgan fingerprint density at radius 1 is 1.11 bits per heavy atom. The highest BCUT2D eigenvalue weighted by Gasteiger charge is 2.48. The van der Waals surface area contributed by atoms with Gasteiger partial charge in [0.05, 0.1) is 40.6 Å². The molecule has 1 fully saturated rings. The minimum Gasteiger partial charge on any atom is -0.507 e. The molecule has 3 aromatic carbocycles. The number of Topliss-reactive ketones (excluding diaryl/α,β-unsaturated/α-hetero) is 1. The normalized spacial score (nSPS) is 17.0. The van der Waals surface area contributed by atoms with E-state index in [4.69, 9.17) is 21.1 Å². The molecule has 2 heterocycles. The van der Waals surface area contributed by atoms with E-state index < -0.39 is 17.7 Å². The van der Waals surface area contributed by atoms with Crippen LogP contribution < -0.4 is 14.4 Å². The summed E-state index contributed by atoms with van der Waals surface area (Å²) in [5, 5.41) is 12.1. The first-order valence-corrected chi connectivity index (χ1v) is 12.8. The third kappa shape index (κ3) is 4.43. The largest absolute Gasteiger partial charge is 0.507 e. The molecule has 1 aliphatic heterocycles. The van der Waals surface area contributed by atoms with Crippen molar-refractivity contribution in [3.63, 3.8) is 0 Å². The van der Waals surface area contributed by atoms with Crippen LogP contribution in [0.4, 0.5) is 5.13 Å². The topological polar surface area (TPSA) is 89.0 Å². The van der Waals surface area contributed by atoms with Crippen LogP contribution in [0.5, 0.6) is 11.5 Å². The quantitative estimate of drug-likeness (QED) is 0.178. The zero-order valence-electron chi connectivity index (χ0n) is 20.3. The van der Waals surface area contributed by atoms with E-state index in [-0.39, 0.29) is 11.3 Å². The third-order valence-electron chi connectivity index (χ3n) is 6.12. The SMILES string of the molecule is CCOc1cc(/C(O)=C2\C(=O)C(=O)N(c3nc4ccc(C)cc4s3)C2c2ccc(OC)cc2)ccc1Cl. The zero-order valence-corrected chi connectivity index (χ0v) is 21.9. The molecular weight excluding hydrogens is 512 g/mol. The molecule has 1 aliphatic rings. The lowest BCUT2D eigenvalue weighted by atomic mass is 9.95. The highest BCUT2D eigenvalue weighted by molar-refractivity contribution is 7.22. The van der Waals surface area contributed by atoms with Crippen molar-refractivity contribution in [3.8, 4) is 11.5 Å². The number of nitrogens with zero attached hydrogens (tertiary/aromatic N) is 2. The van der Waals surface area contributed by atoms with Crippen molar-refractivity contribution < 1.29 is 24.2 Å². The predicted molar refractivity (Wildman–Crippen MR) is 145 cm³/mol. The highest BCUT2D eigenvalue weighted by atomic mass is 35.5. The summed E-state index contributed by atoms with van der Waals surface area (Å²) < 4.78 is 11.7. The van der Waals surface area contributed by atoms with Gasteiger partial charge < -0.3 is 14.6 Å². The molecule has 9 heteroatoms. The second kappa shape index (κ2) is 9.88. The van der Waals surface area contributed by atoms with Gasteiger partial charge in [0.2, 0.25) is 0 Å². The number of methoxy groups -OCH3 is 1. The lowest BCUT2D eigenvalue weighted by Crippen LogP contribution is -2.29. The second-order valence-electron chi connectivity index (χ2n) is 8.49. The molecule has 4 aromatic rings. The fraction of sp³-hybridized carbons (Fsp3) is 0.179. The van der Waals surface area contributed by atoms with Gasteiger partial charge in [0.1, 0.15) is 17.3 Å². The Morgan fingerprint density at radius 2 is 1.86 bits per heavy atom. The van der Waals surface area contributed by atoms with Crippen LogP contribution in [0, 0.1) is 6.92 Å². The number of aliphatic hydroxyl groups excluding tert-OH is 1. The minimum absolute atomic E-state index is 0.0459. The van der Waals surface area contributed by atoms with Gasteiger partial charge >= 0.3 is 5.91 Å². The second-order valence-corrected chi connectivity index (χ2v) is 9.90. The molecule has 5 rings (SSSR count). The Morgan fingerprint density at radius 3 is 2.57 bits per heavy atom. The number of hydrogen-bond donors (Lipinski definition) is 1. The molecule has 0 saturated carbocycles. The first kappa shape index (κ1) is 24.8. The molecule has 7 nitrogen and oxygen atoms in total. The summed E-state index contributed by atoms with van der Waals surface area (Å²) in [6, 6.07) is 16.6. The summed E-state index contributed by atoms with van der Waals surface area (Å²) in [7, 11) is 1.56. The summed E-state index contributed by atoms with van der Waals surface area (Å²) in [6.45, 7) is 4.17. The van der Waals surface area contributed by atoms with E-state index in [0.717, 1.165) is 15.8 Å². The number of carbonyl (C=O) groups is 2. The van der Waals surface area contributed by atoms with Crippen molar-refractivity contribution in [2.75, 3.05) is 18.6 Å². The number of benzene rings is 3. The van der Waals surface area contributed by atoms with Crippen LogP contribution in [-0.2, 0) is 9.59 Å². The third-order valence-corrected chi connectivity index (χ3v) is 7.45. The number of ketones is 1. The Labute approximate surface area is 222 Å². The number of aliphatic hydroxyl groups is 1. The van der Waals surface area contributed by atoms with E-state index in [1.54, 1.807) is 49.6 Å². The molecular formula is C28H23ClN2O5S. The number of ether oxygens (including phenoxy) is 2. The van der Waals surface area contributed by atoms with Crippen molar-refractivity contribution in [2.24, 2.45) is 0 Å². The molecule has 1 amide bonds. The lowest BCUT2D eigenvalue weighted by Gasteiger charge is -2.23. The van der Waals surface area contributed by atoms with Crippen LogP contribution >= 0.6 is 22.9 Å². The lowest BCUT2D eigenvalue weighted by molar-refractivity contribution is -0.132. The average Bonchev–Trinajstić information content (AvgIpc) is 3.42. The van der Waals surface area contributed by atoms with Crippen molar-refractivity contribution >= 4 is 55.7 Å². The predicted octanol–water partition coefficient (Wildman–Crippen LogP) is 6.29. The number of thiazole rings is 1. The number of fused-ring (bicyclic) bond motifs is 1. The number of aromatic nitrogens is 1. The monoisotopic (exact) mass is 534 g/mol. The van der Waals surface area contributed by atoms with Crippen molar-refractivity contribution in [1.29, 1.82) is 0 Å². The Kier molecular flexibility index (Phi) is 6.62. The van der Waals surface area contributed by atoms with Gasteiger partial charge in [-0.2, -0.15) is 0 Å². The Bertz CT molecular complexity index is 1560. The summed E-state index contributed by atoms with van der Waals surface area (Å²) in [5.74, 6) is -0.907. The minimum atomic E-state index is -0.904. The number of halogens is 1. The zero-order chi connectivity index (χ0) is 26.3. The van der Waals surface area contributed by atoms with Crippen LogP contribution in [0.2, 0.25) is 5.02 Å². The average molecular weight is 535 g/mol. The molecule has 1 aromatic heterocycles. The van der Waals surface area contributed by atoms with E-state index in [1.165, 1.54) is 16.2 Å². The van der Waals surface area contributed by atoms with Crippen molar-refractivity contribution in [2.45, 2.75) is 19.9 Å². The fourth-order valence-electron chi connectivity index (χ4n) is 4.33. The number of carbonyl (C=O) groups excluding carboxylic acids is 2. The van der Waals surface area contributed by atoms with Crippen molar-refractivity contribution in [3.05, 3.63) is 87.9 Å². The van der Waals surface area contributed by atoms with Gasteiger partial charge in [-0.3, -0.25) is 14.5 Å². The first-order chi connectivity index (χ1) is 17.8. The van der Waals surface area contributed by atoms with Gasteiger partial charge in [-0.1, -0.05) is 41.1 Å². The first-order valence-electron chi connectivity index (χ1n) is 11.6. The summed E-state index contributed by atoms with van der Waals surface area (Å²) in [4.78, 5) is 32.9. The molecule has 1 N–H and O–H groups in total. The molecule has 188 valence electrons. The summed E-state index contributed by atoms with van der Waals surface area (Å²) >= 11 is 7.54. The fourth-order valence-corrected chi connectivity index (χ4v) is 5.59. The van der Waals surface area contributed by atoms with Crippen molar-refractivity contribution in [1.82, 2.24) is 4.98 Å². The van der Waals surface area contributed by atoms with Crippen LogP contribution in [0.1, 0.15) is 29.7 Å². The van der Waals surface area contributed by atoms with Gasteiger partial charge in [0, 0.05) is 5.56 Å². The van der Waals surface area contributed by atoms with E-state index in [2.05, 4.69) is 4.98 Å². The summed E-state index contributed by atoms with van der Waals surface area (Å²) in [6.07, 6.45) is 0. The number of amides is 1. The molecule has 1 unspecified atom stereocenters. The standard InChI is InChI=1S/C28H23ClN2O5S/c1-4-36-21-14-17(8-11-19(21)29)25(32)23-24(16-6-9-18(35-3)10-7-16)31(27(34)26(23)33)28-30-20-12-5-15(2)13-22(20)37-28/h5-14,24,32H,4H2,1-3H3/b25-23+. The van der Waals surface area contributed by atoms with Gasteiger partial charge in [-0.05, 0) is 67.4 Å². The Hall–Kier alpha value is -3.88. The van der Waals surface area contributed by atoms with Crippen LogP contribution in [-0.4, -0.2) is 35.5 Å². The highest BCUT2D eigenvalue weighted by Crippen LogP contribution is 2.45. The smallest absolute Gasteiger partial charge is 0.301 e. The maximum Gasteiger partial charge on any atom is 0.301 e. The van der Waals surface area contributed by atoms with E-state index in [9.17, 15) is 14.7 Å². The number of anilines is 1. The maximum absolute atomic E-state index is 13.5. The number of rotatable bonds is 6. The van der Waals surface area contributed by atoms with Gasteiger partial charge in [-0.15, -0.1) is 0 Å². The molecule has 37 heavy (non-hydrogen) atoms. The maximum atomic E-state index is 13.5. The summed E-state index contributed by atoms with van der Waals surface area (Å²) in [5.41, 5.74) is 2.67. The number of aryl methyl sites for hydroxylation is 1. The molecule has 0 aliphatic carbocycles. The van der Waals surface area contributed by atoms with Gasteiger partial charge in [0.25, 0.3) is 5.78 Å². The van der Waals surface area contributed by atoms with E-state index in [1.807, 2.05) is 32.0 Å². The molecule has 0 spiro atoms. The molecule has 1 atom stereocenters. The van der Waals surface area contributed by atoms with Gasteiger partial charge in [-0.25, -0.2) is 4.98 Å².